The van der Waals surface area contributed by atoms with E-state index in [0.717, 1.165) is 5.69 Å². The van der Waals surface area contributed by atoms with Gasteiger partial charge < -0.3 is 10.6 Å². The summed E-state index contributed by atoms with van der Waals surface area (Å²) in [5, 5.41) is 6.82. The molecule has 25 heavy (non-hydrogen) atoms. The third kappa shape index (κ3) is 4.58. The van der Waals surface area contributed by atoms with Gasteiger partial charge in [0.2, 0.25) is 0 Å². The normalized spacial score (nSPS) is 11.6. The van der Waals surface area contributed by atoms with Crippen LogP contribution in [0.25, 0.3) is 0 Å². The number of hydrogen-bond donors (Lipinski definition) is 2. The fraction of sp³-hybridized carbons (Fsp3) is 0.100. The van der Waals surface area contributed by atoms with Gasteiger partial charge in [-0.05, 0) is 48.9 Å². The molecule has 126 valence electrons. The summed E-state index contributed by atoms with van der Waals surface area (Å²) in [6.07, 6.45) is 1.62. The largest absolute Gasteiger partial charge is 0.378 e. The topological polar surface area (TPSA) is 54.0 Å². The molecule has 0 fully saturated rings. The second-order valence-electron chi connectivity index (χ2n) is 5.67. The van der Waals surface area contributed by atoms with Gasteiger partial charge in [0.25, 0.3) is 5.91 Å². The van der Waals surface area contributed by atoms with Gasteiger partial charge in [0.1, 0.15) is 5.69 Å². The maximum atomic E-state index is 12.4. The molecule has 0 bridgehead atoms. The summed E-state index contributed by atoms with van der Waals surface area (Å²) < 4.78 is 0. The van der Waals surface area contributed by atoms with Crippen LogP contribution in [0.15, 0.2) is 72.9 Å². The zero-order chi connectivity index (χ0) is 17.6. The number of anilines is 2. The molecule has 1 atom stereocenters. The van der Waals surface area contributed by atoms with Crippen LogP contribution in [0.5, 0.6) is 0 Å². The molecule has 0 aliphatic rings. The summed E-state index contributed by atoms with van der Waals surface area (Å²) in [5.74, 6) is -0.265. The summed E-state index contributed by atoms with van der Waals surface area (Å²) in [6.45, 7) is 2.07. The summed E-state index contributed by atoms with van der Waals surface area (Å²) in [4.78, 5) is 16.5. The fourth-order valence-corrected chi connectivity index (χ4v) is 2.57. The average molecular weight is 352 g/mol. The van der Waals surface area contributed by atoms with Crippen LogP contribution in [0.3, 0.4) is 0 Å². The Morgan fingerprint density at radius 1 is 1.00 bits per heavy atom. The summed E-state index contributed by atoms with van der Waals surface area (Å²) in [6, 6.07) is 20.8. The van der Waals surface area contributed by atoms with Crippen LogP contribution in [0.2, 0.25) is 5.02 Å². The van der Waals surface area contributed by atoms with Crippen LogP contribution in [0.1, 0.15) is 29.0 Å². The van der Waals surface area contributed by atoms with Gasteiger partial charge in [-0.15, -0.1) is 0 Å². The second kappa shape index (κ2) is 7.81. The van der Waals surface area contributed by atoms with E-state index in [4.69, 9.17) is 11.6 Å². The zero-order valence-electron chi connectivity index (χ0n) is 13.7. The molecule has 0 spiro atoms. The van der Waals surface area contributed by atoms with Gasteiger partial charge in [0.15, 0.2) is 0 Å². The molecule has 0 aliphatic carbocycles. The van der Waals surface area contributed by atoms with Gasteiger partial charge in [-0.1, -0.05) is 41.9 Å². The minimum absolute atomic E-state index is 0.121. The number of amides is 1. The molecule has 0 saturated carbocycles. The van der Waals surface area contributed by atoms with Gasteiger partial charge in [0, 0.05) is 28.6 Å². The van der Waals surface area contributed by atoms with Crippen molar-refractivity contribution < 1.29 is 4.79 Å². The molecule has 1 amide bonds. The molecule has 3 aromatic rings. The van der Waals surface area contributed by atoms with Crippen molar-refractivity contribution in [1.82, 2.24) is 4.98 Å². The number of carbonyl (C=O) groups is 1. The number of pyridine rings is 1. The van der Waals surface area contributed by atoms with E-state index in [-0.39, 0.29) is 11.9 Å². The van der Waals surface area contributed by atoms with Crippen LogP contribution in [0, 0.1) is 0 Å². The number of halogens is 1. The maximum Gasteiger partial charge on any atom is 0.274 e. The Labute approximate surface area is 151 Å². The lowest BCUT2D eigenvalue weighted by Crippen LogP contribution is -2.14. The average Bonchev–Trinajstić information content (AvgIpc) is 2.64. The third-order valence-electron chi connectivity index (χ3n) is 3.78. The number of nitrogens with zero attached hydrogens (tertiary/aromatic N) is 1. The van der Waals surface area contributed by atoms with Crippen molar-refractivity contribution in [2.75, 3.05) is 10.6 Å². The van der Waals surface area contributed by atoms with E-state index < -0.39 is 0 Å². The first-order chi connectivity index (χ1) is 12.1. The van der Waals surface area contributed by atoms with Crippen LogP contribution >= 0.6 is 11.6 Å². The van der Waals surface area contributed by atoms with Crippen molar-refractivity contribution in [3.63, 3.8) is 0 Å². The first kappa shape index (κ1) is 17.0. The molecule has 3 rings (SSSR count). The molecule has 0 aliphatic heterocycles. The van der Waals surface area contributed by atoms with E-state index in [1.54, 1.807) is 36.5 Å². The van der Waals surface area contributed by atoms with Gasteiger partial charge in [-0.3, -0.25) is 9.78 Å². The summed E-state index contributed by atoms with van der Waals surface area (Å²) in [7, 11) is 0. The zero-order valence-corrected chi connectivity index (χ0v) is 14.5. The predicted octanol–water partition coefficient (Wildman–Crippen LogP) is 5.16. The Morgan fingerprint density at radius 3 is 2.44 bits per heavy atom. The number of nitrogens with one attached hydrogen (secondary N) is 2. The predicted molar refractivity (Wildman–Crippen MR) is 102 cm³/mol. The van der Waals surface area contributed by atoms with E-state index >= 15 is 0 Å². The molecule has 4 nitrogen and oxygen atoms in total. The lowest BCUT2D eigenvalue weighted by Gasteiger charge is -2.16. The highest BCUT2D eigenvalue weighted by atomic mass is 35.5. The lowest BCUT2D eigenvalue weighted by atomic mass is 10.1. The van der Waals surface area contributed by atoms with Crippen LogP contribution in [-0.2, 0) is 0 Å². The highest BCUT2D eigenvalue weighted by Gasteiger charge is 2.10. The highest BCUT2D eigenvalue weighted by molar-refractivity contribution is 6.30. The van der Waals surface area contributed by atoms with Crippen LogP contribution in [0.4, 0.5) is 11.4 Å². The number of hydrogen-bond acceptors (Lipinski definition) is 3. The van der Waals surface area contributed by atoms with Gasteiger partial charge >= 0.3 is 0 Å². The smallest absolute Gasteiger partial charge is 0.274 e. The number of aromatic nitrogens is 1. The Kier molecular flexibility index (Phi) is 5.31. The Bertz CT molecular complexity index is 850. The quantitative estimate of drug-likeness (QED) is 0.667. The minimum Gasteiger partial charge on any atom is -0.378 e. The molecule has 1 unspecified atom stereocenters. The van der Waals surface area contributed by atoms with E-state index in [1.807, 2.05) is 24.3 Å². The number of rotatable bonds is 5. The minimum atomic E-state index is -0.265. The number of benzene rings is 2. The van der Waals surface area contributed by atoms with Crippen molar-refractivity contribution in [3.8, 4) is 0 Å². The SMILES string of the molecule is CC(Nc1ccnc(C(=O)Nc2ccc(Cl)cc2)c1)c1ccccc1. The van der Waals surface area contributed by atoms with Crippen molar-refractivity contribution >= 4 is 28.9 Å². The summed E-state index contributed by atoms with van der Waals surface area (Å²) >= 11 is 5.85. The van der Waals surface area contributed by atoms with Crippen LogP contribution in [-0.4, -0.2) is 10.9 Å². The highest BCUT2D eigenvalue weighted by Crippen LogP contribution is 2.20. The first-order valence-electron chi connectivity index (χ1n) is 7.96. The Morgan fingerprint density at radius 2 is 1.72 bits per heavy atom. The molecule has 5 heteroatoms. The molecule has 1 heterocycles. The monoisotopic (exact) mass is 351 g/mol. The van der Waals surface area contributed by atoms with Crippen molar-refractivity contribution in [2.24, 2.45) is 0 Å². The van der Waals surface area contributed by atoms with Crippen molar-refractivity contribution in [3.05, 3.63) is 89.2 Å². The van der Waals surface area contributed by atoms with E-state index in [2.05, 4.69) is 34.7 Å². The van der Waals surface area contributed by atoms with E-state index in [0.29, 0.717) is 16.4 Å². The number of carbonyl (C=O) groups excluding carboxylic acids is 1. The molecule has 0 saturated heterocycles. The maximum absolute atomic E-state index is 12.4. The van der Waals surface area contributed by atoms with Crippen LogP contribution < -0.4 is 10.6 Å². The fourth-order valence-electron chi connectivity index (χ4n) is 2.45. The van der Waals surface area contributed by atoms with Gasteiger partial charge in [0.05, 0.1) is 0 Å². The third-order valence-corrected chi connectivity index (χ3v) is 4.03. The lowest BCUT2D eigenvalue weighted by molar-refractivity contribution is 0.102. The molecule has 0 radical (unpaired) electrons. The molecule has 2 N–H and O–H groups in total. The Balaban J connectivity index is 1.70. The first-order valence-corrected chi connectivity index (χ1v) is 8.34. The van der Waals surface area contributed by atoms with E-state index in [9.17, 15) is 4.79 Å². The van der Waals surface area contributed by atoms with Crippen molar-refractivity contribution in [2.45, 2.75) is 13.0 Å². The second-order valence-corrected chi connectivity index (χ2v) is 6.10. The molecule has 2 aromatic carbocycles. The molecular formula is C20H18ClN3O. The van der Waals surface area contributed by atoms with Gasteiger partial charge in [-0.2, -0.15) is 0 Å². The standard InChI is InChI=1S/C20H18ClN3O/c1-14(15-5-3-2-4-6-15)23-18-11-12-22-19(13-18)20(25)24-17-9-7-16(21)8-10-17/h2-14H,1H3,(H,22,23)(H,24,25). The van der Waals surface area contributed by atoms with Crippen molar-refractivity contribution in [1.29, 1.82) is 0 Å². The molecule has 1 aromatic heterocycles. The van der Waals surface area contributed by atoms with Gasteiger partial charge in [-0.25, -0.2) is 0 Å². The molecular weight excluding hydrogens is 334 g/mol. The summed E-state index contributed by atoms with van der Waals surface area (Å²) in [5.41, 5.74) is 3.03. The Hall–Kier alpha value is -2.85. The van der Waals surface area contributed by atoms with E-state index in [1.165, 1.54) is 5.56 Å².